The van der Waals surface area contributed by atoms with E-state index in [-0.39, 0.29) is 11.5 Å². The number of likely N-dealkylation sites (tertiary alicyclic amines) is 1. The Kier molecular flexibility index (Phi) is 2.76. The zero-order chi connectivity index (χ0) is 11.0. The van der Waals surface area contributed by atoms with Crippen molar-refractivity contribution in [3.8, 4) is 0 Å². The van der Waals surface area contributed by atoms with Crippen LogP contribution >= 0.6 is 0 Å². The van der Waals surface area contributed by atoms with Gasteiger partial charge in [0.2, 0.25) is 0 Å². The average molecular weight is 223 g/mol. The lowest BCUT2D eigenvalue weighted by Crippen LogP contribution is -2.50. The van der Waals surface area contributed by atoms with E-state index in [9.17, 15) is 4.79 Å². The van der Waals surface area contributed by atoms with Crippen molar-refractivity contribution in [2.45, 2.75) is 50.2 Å². The van der Waals surface area contributed by atoms with Gasteiger partial charge in [-0.05, 0) is 38.5 Å². The molecule has 0 N–H and O–H groups in total. The minimum atomic E-state index is 0.0508. The monoisotopic (exact) mass is 223 g/mol. The molecule has 16 heavy (non-hydrogen) atoms. The molecule has 1 aliphatic carbocycles. The van der Waals surface area contributed by atoms with E-state index in [0.717, 1.165) is 44.6 Å². The van der Waals surface area contributed by atoms with Crippen LogP contribution in [-0.4, -0.2) is 42.5 Å². The van der Waals surface area contributed by atoms with Gasteiger partial charge in [0.15, 0.2) is 0 Å². The number of nitrogens with zero attached hydrogens (tertiary/aromatic N) is 1. The maximum absolute atomic E-state index is 10.9. The van der Waals surface area contributed by atoms with Crippen LogP contribution in [0, 0.1) is 5.92 Å². The van der Waals surface area contributed by atoms with Crippen LogP contribution in [0.1, 0.15) is 38.5 Å². The molecule has 3 aliphatic rings. The van der Waals surface area contributed by atoms with Gasteiger partial charge >= 0.3 is 0 Å². The van der Waals surface area contributed by atoms with Crippen LogP contribution in [0.15, 0.2) is 0 Å². The summed E-state index contributed by atoms with van der Waals surface area (Å²) < 4.78 is 6.00. The van der Waals surface area contributed by atoms with Gasteiger partial charge < -0.3 is 14.4 Å². The maximum Gasteiger partial charge on any atom is 0.123 e. The molecule has 2 saturated heterocycles. The molecule has 0 radical (unpaired) electrons. The van der Waals surface area contributed by atoms with E-state index in [1.54, 1.807) is 0 Å². The van der Waals surface area contributed by atoms with Crippen LogP contribution in [0.2, 0.25) is 0 Å². The lowest BCUT2D eigenvalue weighted by atomic mass is 9.80. The van der Waals surface area contributed by atoms with E-state index in [0.29, 0.717) is 0 Å². The zero-order valence-corrected chi connectivity index (χ0v) is 9.86. The van der Waals surface area contributed by atoms with Crippen molar-refractivity contribution < 1.29 is 9.53 Å². The van der Waals surface area contributed by atoms with Gasteiger partial charge in [-0.2, -0.15) is 0 Å². The van der Waals surface area contributed by atoms with Crippen molar-refractivity contribution in [3.05, 3.63) is 0 Å². The van der Waals surface area contributed by atoms with Gasteiger partial charge in [-0.25, -0.2) is 0 Å². The maximum atomic E-state index is 10.9. The Bertz CT molecular complexity index is 267. The summed E-state index contributed by atoms with van der Waals surface area (Å²) in [5, 5.41) is 0. The molecule has 0 amide bonds. The molecule has 1 atom stereocenters. The van der Waals surface area contributed by atoms with Gasteiger partial charge in [0.25, 0.3) is 0 Å². The Hall–Kier alpha value is -0.410. The number of hydrogen-bond acceptors (Lipinski definition) is 3. The summed E-state index contributed by atoms with van der Waals surface area (Å²) in [6, 6.07) is 0.878. The van der Waals surface area contributed by atoms with Gasteiger partial charge in [-0.3, -0.25) is 0 Å². The van der Waals surface area contributed by atoms with E-state index in [2.05, 4.69) is 4.90 Å². The predicted octanol–water partition coefficient (Wildman–Crippen LogP) is 1.61. The SMILES string of the molecule is O=CC1CCOC2(CCN(C3CC3)CC2)C1. The Morgan fingerprint density at radius 3 is 2.56 bits per heavy atom. The molecule has 3 nitrogen and oxygen atoms in total. The Balaban J connectivity index is 1.59. The van der Waals surface area contributed by atoms with Crippen molar-refractivity contribution in [1.82, 2.24) is 4.90 Å². The molecule has 0 aromatic heterocycles. The molecule has 90 valence electrons. The first-order chi connectivity index (χ1) is 7.81. The molecule has 2 heterocycles. The second-order valence-electron chi connectivity index (χ2n) is 5.69. The first-order valence-corrected chi connectivity index (χ1v) is 6.65. The molecule has 1 saturated carbocycles. The quantitative estimate of drug-likeness (QED) is 0.666. The lowest BCUT2D eigenvalue weighted by Gasteiger charge is -2.45. The summed E-state index contributed by atoms with van der Waals surface area (Å²) >= 11 is 0. The molecule has 3 heteroatoms. The normalized spacial score (nSPS) is 35.1. The molecule has 0 aromatic rings. The second-order valence-corrected chi connectivity index (χ2v) is 5.69. The molecule has 2 aliphatic heterocycles. The van der Waals surface area contributed by atoms with Crippen LogP contribution in [-0.2, 0) is 9.53 Å². The van der Waals surface area contributed by atoms with Crippen LogP contribution in [0.3, 0.4) is 0 Å². The van der Waals surface area contributed by atoms with Gasteiger partial charge in [0, 0.05) is 31.7 Å². The van der Waals surface area contributed by atoms with E-state index >= 15 is 0 Å². The third-order valence-corrected chi connectivity index (χ3v) is 4.50. The van der Waals surface area contributed by atoms with Gasteiger partial charge in [-0.1, -0.05) is 0 Å². The summed E-state index contributed by atoms with van der Waals surface area (Å²) in [6.07, 6.45) is 8.08. The number of piperidine rings is 1. The summed E-state index contributed by atoms with van der Waals surface area (Å²) in [7, 11) is 0. The van der Waals surface area contributed by atoms with Crippen molar-refractivity contribution in [1.29, 1.82) is 0 Å². The number of rotatable bonds is 2. The van der Waals surface area contributed by atoms with E-state index < -0.39 is 0 Å². The fourth-order valence-corrected chi connectivity index (χ4v) is 3.27. The van der Waals surface area contributed by atoms with Crippen LogP contribution in [0.25, 0.3) is 0 Å². The largest absolute Gasteiger partial charge is 0.375 e. The number of carbonyl (C=O) groups is 1. The first kappa shape index (κ1) is 10.7. The third-order valence-electron chi connectivity index (χ3n) is 4.50. The molecular weight excluding hydrogens is 202 g/mol. The fourth-order valence-electron chi connectivity index (χ4n) is 3.27. The van der Waals surface area contributed by atoms with Crippen molar-refractivity contribution in [2.24, 2.45) is 5.92 Å². The number of hydrogen-bond donors (Lipinski definition) is 0. The number of aldehydes is 1. The van der Waals surface area contributed by atoms with Crippen LogP contribution in [0.5, 0.6) is 0 Å². The average Bonchev–Trinajstić information content (AvgIpc) is 3.14. The Morgan fingerprint density at radius 2 is 1.94 bits per heavy atom. The summed E-state index contributed by atoms with van der Waals surface area (Å²) in [5.41, 5.74) is 0.0508. The topological polar surface area (TPSA) is 29.5 Å². The van der Waals surface area contributed by atoms with Gasteiger partial charge in [0.1, 0.15) is 6.29 Å². The van der Waals surface area contributed by atoms with Gasteiger partial charge in [-0.15, -0.1) is 0 Å². The van der Waals surface area contributed by atoms with Crippen molar-refractivity contribution in [3.63, 3.8) is 0 Å². The minimum absolute atomic E-state index is 0.0508. The van der Waals surface area contributed by atoms with E-state index in [1.165, 1.54) is 25.9 Å². The molecule has 1 unspecified atom stereocenters. The van der Waals surface area contributed by atoms with Gasteiger partial charge in [0.05, 0.1) is 5.60 Å². The third kappa shape index (κ3) is 2.03. The van der Waals surface area contributed by atoms with Crippen molar-refractivity contribution >= 4 is 6.29 Å². The molecule has 3 rings (SSSR count). The second kappa shape index (κ2) is 4.11. The van der Waals surface area contributed by atoms with Crippen molar-refractivity contribution in [2.75, 3.05) is 19.7 Å². The first-order valence-electron chi connectivity index (χ1n) is 6.65. The van der Waals surface area contributed by atoms with Crippen LogP contribution in [0.4, 0.5) is 0 Å². The Morgan fingerprint density at radius 1 is 1.19 bits per heavy atom. The highest BCUT2D eigenvalue weighted by molar-refractivity contribution is 5.53. The standard InChI is InChI=1S/C13H21NO2/c15-10-11-3-8-16-13(9-11)4-6-14(7-5-13)12-1-2-12/h10-12H,1-9H2. The summed E-state index contributed by atoms with van der Waals surface area (Å²) in [5.74, 6) is 0.251. The predicted molar refractivity (Wildman–Crippen MR) is 61.3 cm³/mol. The minimum Gasteiger partial charge on any atom is -0.375 e. The number of carbonyl (C=O) groups excluding carboxylic acids is 1. The smallest absolute Gasteiger partial charge is 0.123 e. The highest BCUT2D eigenvalue weighted by Gasteiger charge is 2.42. The highest BCUT2D eigenvalue weighted by Crippen LogP contribution is 2.39. The summed E-state index contributed by atoms with van der Waals surface area (Å²) in [6.45, 7) is 3.14. The fraction of sp³-hybridized carbons (Fsp3) is 0.923. The van der Waals surface area contributed by atoms with E-state index in [4.69, 9.17) is 4.74 Å². The van der Waals surface area contributed by atoms with Crippen LogP contribution < -0.4 is 0 Å². The highest BCUT2D eigenvalue weighted by atomic mass is 16.5. The molecule has 3 fully saturated rings. The molecule has 1 spiro atoms. The molecule has 0 aromatic carbocycles. The molecular formula is C13H21NO2. The lowest BCUT2D eigenvalue weighted by molar-refractivity contribution is -0.139. The van der Waals surface area contributed by atoms with E-state index in [1.807, 2.05) is 0 Å². The number of ether oxygens (including phenoxy) is 1. The Labute approximate surface area is 97.1 Å². The summed E-state index contributed by atoms with van der Waals surface area (Å²) in [4.78, 5) is 13.5. The zero-order valence-electron chi connectivity index (χ0n) is 9.86. The molecule has 0 bridgehead atoms.